The van der Waals surface area contributed by atoms with Gasteiger partial charge < -0.3 is 0 Å². The van der Waals surface area contributed by atoms with Crippen molar-refractivity contribution in [1.82, 2.24) is 0 Å². The third kappa shape index (κ3) is 2.09. The second-order valence-electron chi connectivity index (χ2n) is 2.80. The molecule has 0 aromatic heterocycles. The molecular weight excluding hydrogens is 146 g/mol. The van der Waals surface area contributed by atoms with Gasteiger partial charge in [0.1, 0.15) is 17.2 Å². The van der Waals surface area contributed by atoms with E-state index in [9.17, 15) is 8.78 Å². The summed E-state index contributed by atoms with van der Waals surface area (Å²) in [5.74, 6) is 0. The molecule has 0 aliphatic carbocycles. The van der Waals surface area contributed by atoms with Gasteiger partial charge >= 0.3 is 0 Å². The molecule has 0 amide bonds. The van der Waals surface area contributed by atoms with Crippen molar-refractivity contribution in [3.63, 3.8) is 0 Å². The first-order valence-corrected chi connectivity index (χ1v) is 3.13. The molecule has 0 nitrogen and oxygen atoms in total. The van der Waals surface area contributed by atoms with Crippen molar-refractivity contribution in [2.24, 2.45) is 0 Å². The summed E-state index contributed by atoms with van der Waals surface area (Å²) in [6, 6.07) is 0. The molecule has 1 atom stereocenters. The predicted molar refractivity (Wildman–Crippen MR) is 35.4 cm³/mol. The molecule has 0 radical (unpaired) electrons. The van der Waals surface area contributed by atoms with Crippen LogP contribution in [0.15, 0.2) is 0 Å². The van der Waals surface area contributed by atoms with Gasteiger partial charge in [-0.15, -0.1) is 11.6 Å². The van der Waals surface area contributed by atoms with Crippen LogP contribution in [0.5, 0.6) is 0 Å². The van der Waals surface area contributed by atoms with Crippen LogP contribution >= 0.6 is 11.6 Å². The van der Waals surface area contributed by atoms with Crippen molar-refractivity contribution < 1.29 is 8.78 Å². The smallest absolute Gasteiger partial charge is 0.126 e. The maximum absolute atomic E-state index is 12.8. The lowest BCUT2D eigenvalue weighted by atomic mass is 9.95. The normalized spacial score (nSPS) is 19.3. The molecule has 0 saturated heterocycles. The first-order valence-electron chi connectivity index (χ1n) is 2.75. The molecule has 0 spiro atoms. The summed E-state index contributed by atoms with van der Waals surface area (Å²) in [5, 5.41) is 0. The maximum atomic E-state index is 12.8. The minimum Gasteiger partial charge on any atom is -0.249 e. The van der Waals surface area contributed by atoms with Gasteiger partial charge in [0.15, 0.2) is 0 Å². The number of rotatable bonds is 2. The maximum Gasteiger partial charge on any atom is 0.126 e. The molecule has 0 bridgehead atoms. The summed E-state index contributed by atoms with van der Waals surface area (Å²) in [6.45, 7) is 3.02. The van der Waals surface area contributed by atoms with Crippen molar-refractivity contribution in [3.8, 4) is 0 Å². The summed E-state index contributed by atoms with van der Waals surface area (Å²) in [7, 11) is 0. The summed E-state index contributed by atoms with van der Waals surface area (Å²) in [5.41, 5.74) is -1.66. The highest BCUT2D eigenvalue weighted by atomic mass is 35.5. The van der Waals surface area contributed by atoms with Crippen LogP contribution in [-0.2, 0) is 0 Å². The lowest BCUT2D eigenvalue weighted by molar-refractivity contribution is 0.135. The van der Waals surface area contributed by atoms with Crippen molar-refractivity contribution >= 4 is 11.6 Å². The third-order valence-corrected chi connectivity index (χ3v) is 2.04. The molecule has 1 unspecified atom stereocenters. The summed E-state index contributed by atoms with van der Waals surface area (Å²) in [6.07, 6.45) is 0. The highest BCUT2D eigenvalue weighted by Gasteiger charge is 2.39. The molecule has 3 heteroatoms. The fraction of sp³-hybridized carbons (Fsp3) is 1.00. The van der Waals surface area contributed by atoms with E-state index in [2.05, 4.69) is 0 Å². The van der Waals surface area contributed by atoms with Crippen LogP contribution in [0.4, 0.5) is 8.78 Å². The van der Waals surface area contributed by atoms with Gasteiger partial charge in [-0.1, -0.05) is 0 Å². The molecule has 0 N–H and O–H groups in total. The van der Waals surface area contributed by atoms with Crippen molar-refractivity contribution in [2.75, 3.05) is 6.67 Å². The lowest BCUT2D eigenvalue weighted by Crippen LogP contribution is -2.40. The van der Waals surface area contributed by atoms with Gasteiger partial charge in [-0.3, -0.25) is 0 Å². The number of halogens is 3. The van der Waals surface area contributed by atoms with Gasteiger partial charge in [0.25, 0.3) is 0 Å². The Balaban J connectivity index is 4.14. The first kappa shape index (κ1) is 9.15. The lowest BCUT2D eigenvalue weighted by Gasteiger charge is -2.29. The third-order valence-electron chi connectivity index (χ3n) is 1.49. The minimum atomic E-state index is -1.66. The molecule has 0 aromatic rings. The number of hydrogen-bond donors (Lipinski definition) is 0. The number of hydrogen-bond acceptors (Lipinski definition) is 0. The zero-order valence-corrected chi connectivity index (χ0v) is 6.60. The van der Waals surface area contributed by atoms with E-state index in [-0.39, 0.29) is 0 Å². The Morgan fingerprint density at radius 3 is 1.67 bits per heavy atom. The highest BCUT2D eigenvalue weighted by Crippen LogP contribution is 2.32. The van der Waals surface area contributed by atoms with Gasteiger partial charge in [-0.2, -0.15) is 0 Å². The Morgan fingerprint density at radius 1 is 1.33 bits per heavy atom. The van der Waals surface area contributed by atoms with Gasteiger partial charge in [0.05, 0.1) is 0 Å². The molecule has 9 heavy (non-hydrogen) atoms. The molecule has 0 fully saturated rings. The Morgan fingerprint density at radius 2 is 1.67 bits per heavy atom. The van der Waals surface area contributed by atoms with Crippen LogP contribution in [0.1, 0.15) is 20.8 Å². The summed E-state index contributed by atoms with van der Waals surface area (Å²) < 4.78 is 24.7. The second-order valence-corrected chi connectivity index (χ2v) is 3.64. The van der Waals surface area contributed by atoms with Crippen LogP contribution in [0.3, 0.4) is 0 Å². The fourth-order valence-electron chi connectivity index (χ4n) is 0.159. The molecule has 0 saturated carbocycles. The molecular formula is C6H11ClF2. The molecule has 0 rings (SSSR count). The minimum absolute atomic E-state index is 0.849. The standard InChI is InChI=1S/C6H11ClF2/c1-5(2,9)6(3,7)4-8/h4H2,1-3H3. The predicted octanol–water partition coefficient (Wildman–Crippen LogP) is 2.70. The second kappa shape index (κ2) is 2.41. The van der Waals surface area contributed by atoms with Crippen LogP contribution in [0, 0.1) is 0 Å². The molecule has 0 aliphatic heterocycles. The van der Waals surface area contributed by atoms with Crippen LogP contribution in [-0.4, -0.2) is 17.2 Å². The fourth-order valence-corrected chi connectivity index (χ4v) is 0.159. The average molecular weight is 157 g/mol. The molecule has 0 aliphatic rings. The van der Waals surface area contributed by atoms with Crippen LogP contribution in [0.25, 0.3) is 0 Å². The van der Waals surface area contributed by atoms with Crippen LogP contribution in [0.2, 0.25) is 0 Å². The van der Waals surface area contributed by atoms with Crippen LogP contribution < -0.4 is 0 Å². The number of alkyl halides is 3. The zero-order valence-electron chi connectivity index (χ0n) is 5.84. The molecule has 56 valence electrons. The van der Waals surface area contributed by atoms with Crippen molar-refractivity contribution in [3.05, 3.63) is 0 Å². The first-order chi connectivity index (χ1) is 3.81. The van der Waals surface area contributed by atoms with E-state index >= 15 is 0 Å². The monoisotopic (exact) mass is 156 g/mol. The topological polar surface area (TPSA) is 0 Å². The summed E-state index contributed by atoms with van der Waals surface area (Å²) in [4.78, 5) is -1.38. The van der Waals surface area contributed by atoms with Gasteiger partial charge in [-0.25, -0.2) is 8.78 Å². The van der Waals surface area contributed by atoms with E-state index in [4.69, 9.17) is 11.6 Å². The largest absolute Gasteiger partial charge is 0.249 e. The Hall–Kier alpha value is 0.150. The van der Waals surface area contributed by atoms with E-state index in [0.717, 1.165) is 0 Å². The van der Waals surface area contributed by atoms with Gasteiger partial charge in [-0.05, 0) is 20.8 Å². The van der Waals surface area contributed by atoms with Crippen molar-refractivity contribution in [1.29, 1.82) is 0 Å². The zero-order chi connectivity index (χ0) is 7.71. The Bertz CT molecular complexity index is 93.7. The van der Waals surface area contributed by atoms with Crippen molar-refractivity contribution in [2.45, 2.75) is 31.3 Å². The summed E-state index contributed by atoms with van der Waals surface area (Å²) >= 11 is 5.45. The molecule has 0 aromatic carbocycles. The van der Waals surface area contributed by atoms with Gasteiger partial charge in [0, 0.05) is 0 Å². The quantitative estimate of drug-likeness (QED) is 0.540. The van der Waals surface area contributed by atoms with E-state index in [1.54, 1.807) is 0 Å². The Labute approximate surface area is 59.2 Å². The van der Waals surface area contributed by atoms with E-state index in [1.165, 1.54) is 20.8 Å². The van der Waals surface area contributed by atoms with Gasteiger partial charge in [0.2, 0.25) is 0 Å². The van der Waals surface area contributed by atoms with E-state index in [1.807, 2.05) is 0 Å². The Kier molecular flexibility index (Phi) is 2.45. The SMILES string of the molecule is CC(C)(F)C(C)(Cl)CF. The molecule has 0 heterocycles. The average Bonchev–Trinajstić information content (AvgIpc) is 1.64. The highest BCUT2D eigenvalue weighted by molar-refractivity contribution is 6.24. The van der Waals surface area contributed by atoms with E-state index in [0.29, 0.717) is 0 Å². The van der Waals surface area contributed by atoms with E-state index < -0.39 is 17.2 Å².